The molecule has 2 rings (SSSR count). The van der Waals surface area contributed by atoms with Gasteiger partial charge in [-0.2, -0.15) is 0 Å². The quantitative estimate of drug-likeness (QED) is 0.539. The van der Waals surface area contributed by atoms with Crippen molar-refractivity contribution in [2.45, 2.75) is 77.8 Å². The van der Waals surface area contributed by atoms with Crippen molar-refractivity contribution in [1.29, 1.82) is 0 Å². The van der Waals surface area contributed by atoms with Gasteiger partial charge < -0.3 is 20.4 Å². The van der Waals surface area contributed by atoms with Gasteiger partial charge in [-0.15, -0.1) is 0 Å². The maximum absolute atomic E-state index is 13.4. The highest BCUT2D eigenvalue weighted by Gasteiger charge is 2.27. The Morgan fingerprint density at radius 1 is 0.500 bits per heavy atom. The van der Waals surface area contributed by atoms with Crippen molar-refractivity contribution in [3.8, 4) is 0 Å². The Bertz CT molecular complexity index is 803. The summed E-state index contributed by atoms with van der Waals surface area (Å²) in [6.45, 7) is 12.9. The first kappa shape index (κ1) is 24.2. The molecule has 2 aromatic rings. The van der Waals surface area contributed by atoms with Crippen LogP contribution in [0.3, 0.4) is 0 Å². The van der Waals surface area contributed by atoms with Crippen molar-refractivity contribution in [2.75, 3.05) is 0 Å². The number of benzene rings is 2. The minimum absolute atomic E-state index is 0.307. The van der Waals surface area contributed by atoms with Crippen LogP contribution in [-0.2, 0) is 22.4 Å². The molecule has 0 unspecified atom stereocenters. The van der Waals surface area contributed by atoms with Crippen LogP contribution in [0.2, 0.25) is 0 Å². The first-order chi connectivity index (χ1) is 13.3. The first-order valence-corrected chi connectivity index (χ1v) is 10.1. The second-order valence-electron chi connectivity index (χ2n) is 10.2. The summed E-state index contributed by atoms with van der Waals surface area (Å²) in [6.07, 6.45) is 0. The minimum atomic E-state index is -1.20. The molecule has 164 valence electrons. The van der Waals surface area contributed by atoms with Crippen LogP contribution in [0.15, 0.2) is 36.4 Å². The lowest BCUT2D eigenvalue weighted by Crippen LogP contribution is -2.23. The maximum Gasteiger partial charge on any atom is 0.193 e. The summed E-state index contributed by atoms with van der Waals surface area (Å²) in [5.41, 5.74) is -2.18. The van der Waals surface area contributed by atoms with Crippen LogP contribution in [0.1, 0.15) is 93.6 Å². The molecular weight excluding hydrogens is 380 g/mol. The first-order valence-electron chi connectivity index (χ1n) is 10.1. The van der Waals surface area contributed by atoms with Crippen molar-refractivity contribution in [3.05, 3.63) is 69.8 Å². The Morgan fingerprint density at radius 2 is 0.700 bits per heavy atom. The van der Waals surface area contributed by atoms with Gasteiger partial charge in [0.1, 0.15) is 0 Å². The summed E-state index contributed by atoms with van der Waals surface area (Å²) >= 11 is 0. The fourth-order valence-corrected chi connectivity index (χ4v) is 3.10. The predicted octanol–water partition coefficient (Wildman–Crippen LogP) is 3.83. The summed E-state index contributed by atoms with van der Waals surface area (Å²) < 4.78 is 0. The van der Waals surface area contributed by atoms with E-state index >= 15 is 0 Å². The van der Waals surface area contributed by atoms with Crippen molar-refractivity contribution >= 4 is 5.78 Å². The smallest absolute Gasteiger partial charge is 0.193 e. The summed E-state index contributed by atoms with van der Waals surface area (Å²) in [7, 11) is 0. The van der Waals surface area contributed by atoms with Gasteiger partial charge in [-0.25, -0.2) is 0 Å². The predicted molar refractivity (Wildman–Crippen MR) is 117 cm³/mol. The average Bonchev–Trinajstić information content (AvgIpc) is 2.57. The normalized spacial score (nSPS) is 13.5. The van der Waals surface area contributed by atoms with E-state index in [2.05, 4.69) is 0 Å². The largest absolute Gasteiger partial charge is 0.386 e. The summed E-state index contributed by atoms with van der Waals surface area (Å²) in [4.78, 5) is 13.4. The van der Waals surface area contributed by atoms with Gasteiger partial charge in [0, 0.05) is 11.1 Å². The summed E-state index contributed by atoms with van der Waals surface area (Å²) in [6, 6.07) is 9.81. The monoisotopic (exact) mass is 414 g/mol. The third-order valence-electron chi connectivity index (χ3n) is 5.22. The van der Waals surface area contributed by atoms with Gasteiger partial charge in [-0.05, 0) is 102 Å². The molecule has 5 nitrogen and oxygen atoms in total. The molecule has 0 aliphatic heterocycles. The van der Waals surface area contributed by atoms with Crippen molar-refractivity contribution in [2.24, 2.45) is 0 Å². The molecule has 0 bridgehead atoms. The van der Waals surface area contributed by atoms with Gasteiger partial charge >= 0.3 is 0 Å². The lowest BCUT2D eigenvalue weighted by molar-refractivity contribution is 0.0707. The minimum Gasteiger partial charge on any atom is -0.386 e. The maximum atomic E-state index is 13.4. The van der Waals surface area contributed by atoms with Crippen LogP contribution in [0.4, 0.5) is 0 Å². The van der Waals surface area contributed by atoms with Gasteiger partial charge in [0.2, 0.25) is 0 Å². The van der Waals surface area contributed by atoms with Gasteiger partial charge in [-0.3, -0.25) is 4.79 Å². The second kappa shape index (κ2) is 7.57. The zero-order chi connectivity index (χ0) is 23.3. The van der Waals surface area contributed by atoms with Crippen LogP contribution >= 0.6 is 0 Å². The fraction of sp³-hybridized carbons (Fsp3) is 0.480. The van der Waals surface area contributed by atoms with Crippen molar-refractivity contribution in [1.82, 2.24) is 0 Å². The van der Waals surface area contributed by atoms with E-state index in [9.17, 15) is 25.2 Å². The molecule has 0 saturated carbocycles. The Hall–Kier alpha value is -2.05. The zero-order valence-corrected chi connectivity index (χ0v) is 19.2. The molecule has 0 amide bonds. The van der Waals surface area contributed by atoms with E-state index in [1.807, 2.05) is 0 Å². The molecule has 2 aromatic carbocycles. The third kappa shape index (κ3) is 5.55. The number of ketones is 1. The number of rotatable bonds is 6. The van der Waals surface area contributed by atoms with Crippen molar-refractivity contribution < 1.29 is 25.2 Å². The van der Waals surface area contributed by atoms with Crippen molar-refractivity contribution in [3.63, 3.8) is 0 Å². The number of hydrogen-bond acceptors (Lipinski definition) is 5. The molecule has 4 N–H and O–H groups in total. The lowest BCUT2D eigenvalue weighted by Gasteiger charge is -2.26. The van der Waals surface area contributed by atoms with E-state index in [4.69, 9.17) is 0 Å². The van der Waals surface area contributed by atoms with Crippen LogP contribution in [-0.4, -0.2) is 26.2 Å². The van der Waals surface area contributed by atoms with E-state index in [1.165, 1.54) is 0 Å². The molecule has 0 aliphatic rings. The molecule has 0 spiro atoms. The Morgan fingerprint density at radius 3 is 0.867 bits per heavy atom. The van der Waals surface area contributed by atoms with E-state index in [0.717, 1.165) is 0 Å². The number of carbonyl (C=O) groups excluding carboxylic acids is 1. The van der Waals surface area contributed by atoms with Crippen LogP contribution in [0.5, 0.6) is 0 Å². The molecule has 0 fully saturated rings. The molecule has 0 saturated heterocycles. The van der Waals surface area contributed by atoms with Gasteiger partial charge in [0.15, 0.2) is 5.78 Å². The fourth-order valence-electron chi connectivity index (χ4n) is 3.10. The van der Waals surface area contributed by atoms with Crippen LogP contribution in [0.25, 0.3) is 0 Å². The lowest BCUT2D eigenvalue weighted by atomic mass is 9.85. The third-order valence-corrected chi connectivity index (χ3v) is 5.22. The van der Waals surface area contributed by atoms with Crippen LogP contribution < -0.4 is 0 Å². The molecule has 0 aliphatic carbocycles. The van der Waals surface area contributed by atoms with Gasteiger partial charge in [-0.1, -0.05) is 12.1 Å². The molecule has 5 heteroatoms. The van der Waals surface area contributed by atoms with Crippen LogP contribution in [0, 0.1) is 0 Å². The molecule has 0 radical (unpaired) electrons. The SMILES string of the molecule is CC(C)(O)c1cc(C(=O)c2cc(C(C)(C)O)cc(C(C)(C)O)c2)cc(C(C)(C)O)c1. The topological polar surface area (TPSA) is 98.0 Å². The number of aliphatic hydroxyl groups is 4. The average molecular weight is 415 g/mol. The molecule has 0 atom stereocenters. The van der Waals surface area contributed by atoms with E-state index in [-0.39, 0.29) is 5.78 Å². The number of hydrogen-bond donors (Lipinski definition) is 4. The Kier molecular flexibility index (Phi) is 6.12. The Labute approximate surface area is 179 Å². The zero-order valence-electron chi connectivity index (χ0n) is 19.2. The molecule has 0 heterocycles. The van der Waals surface area contributed by atoms with Gasteiger partial charge in [0.25, 0.3) is 0 Å². The van der Waals surface area contributed by atoms with E-state index in [1.54, 1.807) is 91.8 Å². The number of carbonyl (C=O) groups is 1. The highest BCUT2D eigenvalue weighted by Crippen LogP contribution is 2.32. The molecule has 30 heavy (non-hydrogen) atoms. The molecular formula is C25H34O5. The van der Waals surface area contributed by atoms with Gasteiger partial charge in [0.05, 0.1) is 22.4 Å². The summed E-state index contributed by atoms with van der Waals surface area (Å²) in [5.74, 6) is -0.330. The second-order valence-corrected chi connectivity index (χ2v) is 10.2. The Balaban J connectivity index is 2.73. The highest BCUT2D eigenvalue weighted by atomic mass is 16.3. The van der Waals surface area contributed by atoms with E-state index < -0.39 is 22.4 Å². The summed E-state index contributed by atoms with van der Waals surface area (Å²) in [5, 5.41) is 42.0. The standard InChI is InChI=1S/C25H34O5/c1-22(2,27)17-9-15(10-18(13-17)23(3,4)28)21(26)16-11-19(24(5,6)29)14-20(12-16)25(7,8)30/h9-14,27-30H,1-8H3. The van der Waals surface area contributed by atoms with E-state index in [0.29, 0.717) is 33.4 Å². The molecule has 0 aromatic heterocycles. The highest BCUT2D eigenvalue weighted by molar-refractivity contribution is 6.09.